The van der Waals surface area contributed by atoms with Crippen LogP contribution in [0.2, 0.25) is 5.02 Å². The molecular formula is C15H20ClNO3S. The Kier molecular flexibility index (Phi) is 6.55. The lowest BCUT2D eigenvalue weighted by atomic mass is 10.0. The van der Waals surface area contributed by atoms with E-state index in [1.807, 2.05) is 18.2 Å². The molecule has 1 amide bonds. The van der Waals surface area contributed by atoms with Gasteiger partial charge in [0, 0.05) is 23.6 Å². The van der Waals surface area contributed by atoms with Crippen LogP contribution < -0.4 is 0 Å². The molecule has 4 nitrogen and oxygen atoms in total. The molecule has 0 aromatic heterocycles. The Morgan fingerprint density at radius 2 is 1.95 bits per heavy atom. The van der Waals surface area contributed by atoms with Gasteiger partial charge < -0.3 is 10.0 Å². The van der Waals surface area contributed by atoms with Crippen LogP contribution in [0.1, 0.15) is 27.2 Å². The van der Waals surface area contributed by atoms with Gasteiger partial charge >= 0.3 is 5.97 Å². The van der Waals surface area contributed by atoms with E-state index in [9.17, 15) is 14.7 Å². The third-order valence-electron chi connectivity index (χ3n) is 3.23. The van der Waals surface area contributed by atoms with Crippen LogP contribution in [0.3, 0.4) is 0 Å². The van der Waals surface area contributed by atoms with Crippen molar-refractivity contribution >= 4 is 35.2 Å². The Hall–Kier alpha value is -1.20. The summed E-state index contributed by atoms with van der Waals surface area (Å²) in [7, 11) is 0. The normalized spacial score (nSPS) is 11.2. The molecule has 6 heteroatoms. The van der Waals surface area contributed by atoms with Gasteiger partial charge in [-0.15, -0.1) is 11.8 Å². The number of carbonyl (C=O) groups is 2. The van der Waals surface area contributed by atoms with E-state index in [2.05, 4.69) is 0 Å². The average Bonchev–Trinajstić information content (AvgIpc) is 2.41. The van der Waals surface area contributed by atoms with Gasteiger partial charge in [0.15, 0.2) is 0 Å². The van der Waals surface area contributed by atoms with Crippen molar-refractivity contribution in [3.63, 3.8) is 0 Å². The number of thioether (sulfide) groups is 1. The van der Waals surface area contributed by atoms with Crippen LogP contribution in [-0.4, -0.2) is 39.7 Å². The number of carboxylic acid groups (broad SMARTS) is 1. The van der Waals surface area contributed by atoms with Gasteiger partial charge in [-0.25, -0.2) is 4.79 Å². The zero-order valence-electron chi connectivity index (χ0n) is 12.4. The second-order valence-corrected chi connectivity index (χ2v) is 6.58. The number of carbonyl (C=O) groups excluding carboxylic acids is 1. The highest BCUT2D eigenvalue weighted by Crippen LogP contribution is 2.27. The molecule has 0 spiro atoms. The zero-order chi connectivity index (χ0) is 16.0. The molecule has 0 aliphatic carbocycles. The summed E-state index contributed by atoms with van der Waals surface area (Å²) >= 11 is 7.55. The molecule has 0 aliphatic heterocycles. The summed E-state index contributed by atoms with van der Waals surface area (Å²) in [5, 5.41) is 9.88. The fraction of sp³-hybridized carbons (Fsp3) is 0.467. The molecule has 1 rings (SSSR count). The number of rotatable bonds is 7. The monoisotopic (exact) mass is 329 g/mol. The number of likely N-dealkylation sites (N-methyl/N-ethyl adjacent to an activating group) is 1. The van der Waals surface area contributed by atoms with Gasteiger partial charge in [-0.3, -0.25) is 4.79 Å². The molecule has 0 saturated carbocycles. The van der Waals surface area contributed by atoms with Crippen molar-refractivity contribution in [3.05, 3.63) is 29.3 Å². The highest BCUT2D eigenvalue weighted by atomic mass is 35.5. The molecule has 0 atom stereocenters. The summed E-state index contributed by atoms with van der Waals surface area (Å²) in [4.78, 5) is 25.8. The Balaban J connectivity index is 2.60. The number of carboxylic acids is 1. The van der Waals surface area contributed by atoms with E-state index < -0.39 is 11.5 Å². The zero-order valence-corrected chi connectivity index (χ0v) is 14.0. The topological polar surface area (TPSA) is 57.6 Å². The molecule has 21 heavy (non-hydrogen) atoms. The molecule has 0 unspecified atom stereocenters. The summed E-state index contributed by atoms with van der Waals surface area (Å²) < 4.78 is 0. The number of halogens is 1. The summed E-state index contributed by atoms with van der Waals surface area (Å²) in [5.74, 6) is -0.602. The SMILES string of the molecule is CCN(C(=O)CCSc1ccccc1Cl)C(C)(C)C(=O)O. The molecule has 0 saturated heterocycles. The van der Waals surface area contributed by atoms with E-state index >= 15 is 0 Å². The highest BCUT2D eigenvalue weighted by molar-refractivity contribution is 7.99. The molecular weight excluding hydrogens is 310 g/mol. The highest BCUT2D eigenvalue weighted by Gasteiger charge is 2.36. The minimum absolute atomic E-state index is 0.163. The average molecular weight is 330 g/mol. The Bertz CT molecular complexity index is 519. The van der Waals surface area contributed by atoms with Gasteiger partial charge in [-0.1, -0.05) is 23.7 Å². The van der Waals surface area contributed by atoms with Crippen molar-refractivity contribution in [2.24, 2.45) is 0 Å². The second-order valence-electron chi connectivity index (χ2n) is 5.03. The van der Waals surface area contributed by atoms with E-state index in [-0.39, 0.29) is 12.3 Å². The lowest BCUT2D eigenvalue weighted by Gasteiger charge is -2.34. The predicted octanol–water partition coefficient (Wildman–Crippen LogP) is 3.53. The van der Waals surface area contributed by atoms with E-state index in [1.54, 1.807) is 13.0 Å². The smallest absolute Gasteiger partial charge is 0.329 e. The maximum Gasteiger partial charge on any atom is 0.329 e. The Morgan fingerprint density at radius 1 is 1.33 bits per heavy atom. The van der Waals surface area contributed by atoms with Gasteiger partial charge in [-0.05, 0) is 32.9 Å². The van der Waals surface area contributed by atoms with Crippen LogP contribution in [0.4, 0.5) is 0 Å². The lowest BCUT2D eigenvalue weighted by molar-refractivity contribution is -0.156. The van der Waals surface area contributed by atoms with Crippen molar-refractivity contribution < 1.29 is 14.7 Å². The number of amides is 1. The molecule has 116 valence electrons. The van der Waals surface area contributed by atoms with Crippen molar-refractivity contribution in [1.82, 2.24) is 4.90 Å². The van der Waals surface area contributed by atoms with Crippen molar-refractivity contribution in [1.29, 1.82) is 0 Å². The van der Waals surface area contributed by atoms with E-state index in [0.29, 0.717) is 17.3 Å². The number of hydrogen-bond donors (Lipinski definition) is 1. The Morgan fingerprint density at radius 3 is 2.48 bits per heavy atom. The quantitative estimate of drug-likeness (QED) is 0.777. The largest absolute Gasteiger partial charge is 0.480 e. The van der Waals surface area contributed by atoms with Gasteiger partial charge in [0.25, 0.3) is 0 Å². The van der Waals surface area contributed by atoms with Crippen LogP contribution in [0, 0.1) is 0 Å². The third-order valence-corrected chi connectivity index (χ3v) is 4.74. The maximum absolute atomic E-state index is 12.2. The van der Waals surface area contributed by atoms with Gasteiger partial charge in [0.1, 0.15) is 5.54 Å². The molecule has 0 fully saturated rings. The maximum atomic E-state index is 12.2. The minimum Gasteiger partial charge on any atom is -0.480 e. The summed E-state index contributed by atoms with van der Waals surface area (Å²) in [6.07, 6.45) is 0.278. The standard InChI is InChI=1S/C15H20ClNO3S/c1-4-17(15(2,3)14(19)20)13(18)9-10-21-12-8-6-5-7-11(12)16/h5-8H,4,9-10H2,1-3H3,(H,19,20). The summed E-state index contributed by atoms with van der Waals surface area (Å²) in [5.41, 5.74) is -1.19. The fourth-order valence-electron chi connectivity index (χ4n) is 1.94. The first kappa shape index (κ1) is 17.9. The first-order valence-corrected chi connectivity index (χ1v) is 8.08. The molecule has 0 bridgehead atoms. The Labute approximate surface area is 134 Å². The lowest BCUT2D eigenvalue weighted by Crippen LogP contribution is -2.53. The first-order valence-electron chi connectivity index (χ1n) is 6.72. The van der Waals surface area contributed by atoms with Crippen LogP contribution in [-0.2, 0) is 9.59 Å². The van der Waals surface area contributed by atoms with Crippen LogP contribution >= 0.6 is 23.4 Å². The van der Waals surface area contributed by atoms with Crippen molar-refractivity contribution in [2.45, 2.75) is 37.6 Å². The number of aliphatic carboxylic acids is 1. The van der Waals surface area contributed by atoms with Crippen LogP contribution in [0.25, 0.3) is 0 Å². The number of hydrogen-bond acceptors (Lipinski definition) is 3. The summed E-state index contributed by atoms with van der Waals surface area (Å²) in [6.45, 7) is 5.23. The van der Waals surface area contributed by atoms with Crippen molar-refractivity contribution in [2.75, 3.05) is 12.3 Å². The number of benzene rings is 1. The van der Waals surface area contributed by atoms with E-state index in [4.69, 9.17) is 11.6 Å². The van der Waals surface area contributed by atoms with Crippen molar-refractivity contribution in [3.8, 4) is 0 Å². The molecule has 0 radical (unpaired) electrons. The summed E-state index contributed by atoms with van der Waals surface area (Å²) in [6, 6.07) is 7.45. The van der Waals surface area contributed by atoms with Crippen LogP contribution in [0.5, 0.6) is 0 Å². The fourth-order valence-corrected chi connectivity index (χ4v) is 3.12. The van der Waals surface area contributed by atoms with Gasteiger partial charge in [0.05, 0.1) is 5.02 Å². The molecule has 1 aromatic carbocycles. The molecule has 0 heterocycles. The van der Waals surface area contributed by atoms with Crippen LogP contribution in [0.15, 0.2) is 29.2 Å². The second kappa shape index (κ2) is 7.71. The molecule has 0 aliphatic rings. The predicted molar refractivity (Wildman–Crippen MR) is 85.9 cm³/mol. The minimum atomic E-state index is -1.19. The van der Waals surface area contributed by atoms with E-state index in [0.717, 1.165) is 4.90 Å². The van der Waals surface area contributed by atoms with Gasteiger partial charge in [0.2, 0.25) is 5.91 Å². The number of nitrogens with zero attached hydrogens (tertiary/aromatic N) is 1. The molecule has 1 aromatic rings. The van der Waals surface area contributed by atoms with E-state index in [1.165, 1.54) is 30.5 Å². The molecule has 1 N–H and O–H groups in total. The first-order chi connectivity index (χ1) is 9.80. The van der Waals surface area contributed by atoms with Gasteiger partial charge in [-0.2, -0.15) is 0 Å². The third kappa shape index (κ3) is 4.64.